The van der Waals surface area contributed by atoms with Gasteiger partial charge in [-0.25, -0.2) is 0 Å². The van der Waals surface area contributed by atoms with Crippen molar-refractivity contribution < 1.29 is 4.79 Å². The molecule has 2 heterocycles. The molecule has 0 aliphatic carbocycles. The highest BCUT2D eigenvalue weighted by atomic mass is 32.2. The molecule has 3 aromatic rings. The fourth-order valence-corrected chi connectivity index (χ4v) is 3.52. The summed E-state index contributed by atoms with van der Waals surface area (Å²) in [5.41, 5.74) is 2.08. The SMILES string of the molecule is CCn1c(SCC(=O)N(C)Cc2ccccc2)nnc1-c1ccncc1. The Kier molecular flexibility index (Phi) is 6.01. The predicted molar refractivity (Wildman–Crippen MR) is 103 cm³/mol. The maximum Gasteiger partial charge on any atom is 0.233 e. The first kappa shape index (κ1) is 18.1. The third-order valence-electron chi connectivity index (χ3n) is 3.98. The van der Waals surface area contributed by atoms with E-state index in [1.54, 1.807) is 17.3 Å². The van der Waals surface area contributed by atoms with Crippen LogP contribution in [0.1, 0.15) is 12.5 Å². The summed E-state index contributed by atoms with van der Waals surface area (Å²) in [6.45, 7) is 3.38. The molecule has 1 aromatic carbocycles. The second kappa shape index (κ2) is 8.62. The molecule has 0 aliphatic rings. The largest absolute Gasteiger partial charge is 0.341 e. The molecular weight excluding hydrogens is 346 g/mol. The Balaban J connectivity index is 1.64. The van der Waals surface area contributed by atoms with Crippen molar-refractivity contribution in [3.63, 3.8) is 0 Å². The minimum absolute atomic E-state index is 0.0648. The minimum atomic E-state index is 0.0648. The molecule has 0 saturated carbocycles. The molecule has 0 spiro atoms. The highest BCUT2D eigenvalue weighted by Crippen LogP contribution is 2.23. The Morgan fingerprint density at radius 3 is 2.54 bits per heavy atom. The third-order valence-corrected chi connectivity index (χ3v) is 4.94. The van der Waals surface area contributed by atoms with Crippen LogP contribution in [0.5, 0.6) is 0 Å². The van der Waals surface area contributed by atoms with Gasteiger partial charge in [0, 0.05) is 38.1 Å². The molecule has 0 aliphatic heterocycles. The molecule has 26 heavy (non-hydrogen) atoms. The van der Waals surface area contributed by atoms with Crippen LogP contribution in [0, 0.1) is 0 Å². The summed E-state index contributed by atoms with van der Waals surface area (Å²) in [6, 6.07) is 13.8. The van der Waals surface area contributed by atoms with Crippen molar-refractivity contribution in [1.29, 1.82) is 0 Å². The Morgan fingerprint density at radius 2 is 1.85 bits per heavy atom. The van der Waals surface area contributed by atoms with Crippen LogP contribution in [0.3, 0.4) is 0 Å². The standard InChI is InChI=1S/C19H21N5OS/c1-3-24-18(16-9-11-20-12-10-16)21-22-19(24)26-14-17(25)23(2)13-15-7-5-4-6-8-15/h4-12H,3,13-14H2,1-2H3. The van der Waals surface area contributed by atoms with Crippen molar-refractivity contribution in [2.45, 2.75) is 25.2 Å². The van der Waals surface area contributed by atoms with Crippen molar-refractivity contribution in [1.82, 2.24) is 24.6 Å². The van der Waals surface area contributed by atoms with E-state index in [1.807, 2.05) is 61.0 Å². The first-order valence-electron chi connectivity index (χ1n) is 8.43. The highest BCUT2D eigenvalue weighted by molar-refractivity contribution is 7.99. The molecule has 7 heteroatoms. The molecule has 0 radical (unpaired) electrons. The average Bonchev–Trinajstić information content (AvgIpc) is 3.10. The summed E-state index contributed by atoms with van der Waals surface area (Å²) in [5.74, 6) is 1.19. The number of benzene rings is 1. The lowest BCUT2D eigenvalue weighted by molar-refractivity contribution is -0.127. The predicted octanol–water partition coefficient (Wildman–Crippen LogP) is 3.11. The molecule has 0 fully saturated rings. The van der Waals surface area contributed by atoms with Gasteiger partial charge in [-0.3, -0.25) is 9.78 Å². The molecule has 3 rings (SSSR count). The normalized spacial score (nSPS) is 10.7. The second-order valence-electron chi connectivity index (χ2n) is 5.81. The summed E-state index contributed by atoms with van der Waals surface area (Å²) < 4.78 is 2.02. The van der Waals surface area contributed by atoms with Crippen LogP contribution in [0.2, 0.25) is 0 Å². The topological polar surface area (TPSA) is 63.9 Å². The number of pyridine rings is 1. The third kappa shape index (κ3) is 4.29. The number of thioether (sulfide) groups is 1. The van der Waals surface area contributed by atoms with Crippen LogP contribution in [0.25, 0.3) is 11.4 Å². The van der Waals surface area contributed by atoms with E-state index in [1.165, 1.54) is 11.8 Å². The summed E-state index contributed by atoms with van der Waals surface area (Å²) in [6.07, 6.45) is 3.47. The number of carbonyl (C=O) groups is 1. The smallest absolute Gasteiger partial charge is 0.233 e. The quantitative estimate of drug-likeness (QED) is 0.601. The van der Waals surface area contributed by atoms with Gasteiger partial charge in [0.05, 0.1) is 5.75 Å². The lowest BCUT2D eigenvalue weighted by Crippen LogP contribution is -2.27. The number of amides is 1. The molecule has 0 bridgehead atoms. The summed E-state index contributed by atoms with van der Waals surface area (Å²) in [4.78, 5) is 18.2. The van der Waals surface area contributed by atoms with E-state index >= 15 is 0 Å². The van der Waals surface area contributed by atoms with E-state index < -0.39 is 0 Å². The van der Waals surface area contributed by atoms with Crippen molar-refractivity contribution >= 4 is 17.7 Å². The molecule has 0 N–H and O–H groups in total. The molecule has 6 nitrogen and oxygen atoms in total. The van der Waals surface area contributed by atoms with Crippen molar-refractivity contribution in [3.8, 4) is 11.4 Å². The summed E-state index contributed by atoms with van der Waals surface area (Å²) in [7, 11) is 1.82. The molecule has 0 atom stereocenters. The summed E-state index contributed by atoms with van der Waals surface area (Å²) >= 11 is 1.42. The van der Waals surface area contributed by atoms with Gasteiger partial charge in [0.15, 0.2) is 11.0 Å². The maximum atomic E-state index is 12.4. The van der Waals surface area contributed by atoms with Gasteiger partial charge in [-0.1, -0.05) is 42.1 Å². The zero-order valence-electron chi connectivity index (χ0n) is 14.9. The Hall–Kier alpha value is -2.67. The van der Waals surface area contributed by atoms with Gasteiger partial charge < -0.3 is 9.47 Å². The molecular formula is C19H21N5OS. The lowest BCUT2D eigenvalue weighted by atomic mass is 10.2. The van der Waals surface area contributed by atoms with Gasteiger partial charge in [-0.15, -0.1) is 10.2 Å². The minimum Gasteiger partial charge on any atom is -0.341 e. The Morgan fingerprint density at radius 1 is 1.12 bits per heavy atom. The zero-order chi connectivity index (χ0) is 18.4. The van der Waals surface area contributed by atoms with Gasteiger partial charge in [0.25, 0.3) is 0 Å². The van der Waals surface area contributed by atoms with E-state index in [0.29, 0.717) is 12.3 Å². The van der Waals surface area contributed by atoms with E-state index in [2.05, 4.69) is 15.2 Å². The first-order valence-corrected chi connectivity index (χ1v) is 9.42. The van der Waals surface area contributed by atoms with Crippen molar-refractivity contribution in [3.05, 3.63) is 60.4 Å². The van der Waals surface area contributed by atoms with Crippen LogP contribution < -0.4 is 0 Å². The monoisotopic (exact) mass is 367 g/mol. The molecule has 0 saturated heterocycles. The van der Waals surface area contributed by atoms with E-state index in [-0.39, 0.29) is 5.91 Å². The van der Waals surface area contributed by atoms with Crippen LogP contribution in [0.15, 0.2) is 60.0 Å². The van der Waals surface area contributed by atoms with Crippen molar-refractivity contribution in [2.75, 3.05) is 12.8 Å². The fourth-order valence-electron chi connectivity index (χ4n) is 2.58. The van der Waals surface area contributed by atoms with Crippen LogP contribution >= 0.6 is 11.8 Å². The maximum absolute atomic E-state index is 12.4. The highest BCUT2D eigenvalue weighted by Gasteiger charge is 2.16. The van der Waals surface area contributed by atoms with E-state index in [4.69, 9.17) is 0 Å². The average molecular weight is 367 g/mol. The molecule has 0 unspecified atom stereocenters. The number of carbonyl (C=O) groups excluding carboxylic acids is 1. The second-order valence-corrected chi connectivity index (χ2v) is 6.75. The van der Waals surface area contributed by atoms with E-state index in [9.17, 15) is 4.79 Å². The van der Waals surface area contributed by atoms with Crippen molar-refractivity contribution in [2.24, 2.45) is 0 Å². The van der Waals surface area contributed by atoms with Gasteiger partial charge in [-0.2, -0.15) is 0 Å². The van der Waals surface area contributed by atoms with Crippen LogP contribution in [0.4, 0.5) is 0 Å². The number of hydrogen-bond donors (Lipinski definition) is 0. The number of rotatable bonds is 7. The Labute approximate surface area is 157 Å². The van der Waals surface area contributed by atoms with Gasteiger partial charge >= 0.3 is 0 Å². The fraction of sp³-hybridized carbons (Fsp3) is 0.263. The Bertz CT molecular complexity index is 851. The van der Waals surface area contributed by atoms with Gasteiger partial charge in [0.2, 0.25) is 5.91 Å². The van der Waals surface area contributed by atoms with Gasteiger partial charge in [0.1, 0.15) is 0 Å². The zero-order valence-corrected chi connectivity index (χ0v) is 15.7. The molecule has 1 amide bonds. The van der Waals surface area contributed by atoms with Gasteiger partial charge in [-0.05, 0) is 24.6 Å². The van der Waals surface area contributed by atoms with Crippen LogP contribution in [-0.4, -0.2) is 43.4 Å². The summed E-state index contributed by atoms with van der Waals surface area (Å²) in [5, 5.41) is 9.30. The molecule has 134 valence electrons. The van der Waals surface area contributed by atoms with Crippen LogP contribution in [-0.2, 0) is 17.9 Å². The lowest BCUT2D eigenvalue weighted by Gasteiger charge is -2.17. The number of nitrogens with zero attached hydrogens (tertiary/aromatic N) is 5. The molecule has 2 aromatic heterocycles. The number of hydrogen-bond acceptors (Lipinski definition) is 5. The van der Waals surface area contributed by atoms with E-state index in [0.717, 1.165) is 28.7 Å². The first-order chi connectivity index (χ1) is 12.7. The number of aromatic nitrogens is 4.